The third-order valence-corrected chi connectivity index (χ3v) is 6.62. The van der Waals surface area contributed by atoms with Gasteiger partial charge in [0.25, 0.3) is 5.91 Å². The molecular formula is C22H24ClN5O2S. The van der Waals surface area contributed by atoms with Gasteiger partial charge in [0.15, 0.2) is 0 Å². The van der Waals surface area contributed by atoms with Crippen LogP contribution in [-0.2, 0) is 4.79 Å². The van der Waals surface area contributed by atoms with Crippen molar-refractivity contribution in [1.29, 1.82) is 0 Å². The second-order valence-electron chi connectivity index (χ2n) is 7.82. The van der Waals surface area contributed by atoms with E-state index in [4.69, 9.17) is 11.6 Å². The van der Waals surface area contributed by atoms with Gasteiger partial charge in [-0.15, -0.1) is 11.3 Å². The summed E-state index contributed by atoms with van der Waals surface area (Å²) in [5.74, 6) is 0.450. The fraction of sp³-hybridized carbons (Fsp3) is 0.364. The van der Waals surface area contributed by atoms with Gasteiger partial charge in [0.05, 0.1) is 16.0 Å². The van der Waals surface area contributed by atoms with E-state index in [1.165, 1.54) is 0 Å². The average molecular weight is 458 g/mol. The molecule has 1 atom stereocenters. The van der Waals surface area contributed by atoms with Gasteiger partial charge >= 0.3 is 0 Å². The third kappa shape index (κ3) is 4.50. The van der Waals surface area contributed by atoms with Crippen LogP contribution in [0.25, 0.3) is 10.2 Å². The lowest BCUT2D eigenvalue weighted by atomic mass is 10.0. The summed E-state index contributed by atoms with van der Waals surface area (Å²) in [5.41, 5.74) is 0.371. The van der Waals surface area contributed by atoms with Gasteiger partial charge in [0, 0.05) is 26.2 Å². The maximum atomic E-state index is 13.2. The van der Waals surface area contributed by atoms with Crippen LogP contribution in [0.3, 0.4) is 0 Å². The Bertz CT molecular complexity index is 1090. The highest BCUT2D eigenvalue weighted by molar-refractivity contribution is 7.16. The first-order chi connectivity index (χ1) is 15.0. The summed E-state index contributed by atoms with van der Waals surface area (Å²) >= 11 is 7.74. The molecule has 0 radical (unpaired) electrons. The number of carbonyl (C=O) groups is 2. The van der Waals surface area contributed by atoms with Crippen molar-refractivity contribution in [1.82, 2.24) is 20.2 Å². The Hall–Kier alpha value is -2.71. The van der Waals surface area contributed by atoms with E-state index in [9.17, 15) is 9.59 Å². The van der Waals surface area contributed by atoms with Crippen LogP contribution in [0.4, 0.5) is 5.82 Å². The normalized spacial score (nSPS) is 15.4. The van der Waals surface area contributed by atoms with Crippen LogP contribution in [0.5, 0.6) is 0 Å². The molecular weight excluding hydrogens is 434 g/mol. The van der Waals surface area contributed by atoms with Crippen LogP contribution in [0.1, 0.15) is 24.2 Å². The minimum Gasteiger partial charge on any atom is -0.352 e. The van der Waals surface area contributed by atoms with Gasteiger partial charge in [-0.1, -0.05) is 37.6 Å². The lowest BCUT2D eigenvalue weighted by Crippen LogP contribution is -2.56. The zero-order chi connectivity index (χ0) is 22.0. The molecule has 7 nitrogen and oxygen atoms in total. The summed E-state index contributed by atoms with van der Waals surface area (Å²) in [6.07, 6.45) is 1.59. The van der Waals surface area contributed by atoms with E-state index in [1.54, 1.807) is 41.9 Å². The first kappa shape index (κ1) is 21.5. The van der Waals surface area contributed by atoms with E-state index in [0.717, 1.165) is 16.0 Å². The molecule has 1 saturated heterocycles. The number of halogens is 1. The quantitative estimate of drug-likeness (QED) is 0.634. The number of amides is 2. The number of hydrogen-bond acceptors (Lipinski definition) is 6. The molecule has 31 heavy (non-hydrogen) atoms. The van der Waals surface area contributed by atoms with Gasteiger partial charge in [0.1, 0.15) is 23.0 Å². The van der Waals surface area contributed by atoms with E-state index in [0.29, 0.717) is 36.8 Å². The molecule has 1 N–H and O–H groups in total. The number of anilines is 1. The molecule has 162 valence electrons. The number of fused-ring (bicyclic) bond motifs is 1. The van der Waals surface area contributed by atoms with Crippen LogP contribution >= 0.6 is 22.9 Å². The summed E-state index contributed by atoms with van der Waals surface area (Å²) in [4.78, 5) is 39.7. The minimum atomic E-state index is -0.613. The second-order valence-corrected chi connectivity index (χ2v) is 9.13. The number of aromatic nitrogens is 2. The Balaban J connectivity index is 1.43. The monoisotopic (exact) mass is 457 g/mol. The molecule has 1 aliphatic rings. The Morgan fingerprint density at radius 1 is 1.10 bits per heavy atom. The largest absolute Gasteiger partial charge is 0.352 e. The molecule has 1 aliphatic heterocycles. The SMILES string of the molecule is CC(C)C(NC(=O)c1ccccc1Cl)C(=O)N1CCN(c2ncnc3sccc23)CC1. The predicted octanol–water partition coefficient (Wildman–Crippen LogP) is 3.45. The Labute approximate surface area is 190 Å². The van der Waals surface area contributed by atoms with Crippen molar-refractivity contribution in [3.8, 4) is 0 Å². The lowest BCUT2D eigenvalue weighted by Gasteiger charge is -2.38. The third-order valence-electron chi connectivity index (χ3n) is 5.47. The van der Waals surface area contributed by atoms with Gasteiger partial charge < -0.3 is 15.1 Å². The van der Waals surface area contributed by atoms with E-state index in [2.05, 4.69) is 20.2 Å². The predicted molar refractivity (Wildman–Crippen MR) is 124 cm³/mol. The number of carbonyl (C=O) groups excluding carboxylic acids is 2. The number of hydrogen-bond donors (Lipinski definition) is 1. The molecule has 1 aromatic carbocycles. The number of rotatable bonds is 5. The number of thiophene rings is 1. The highest BCUT2D eigenvalue weighted by Gasteiger charge is 2.31. The minimum absolute atomic E-state index is 0.0516. The molecule has 9 heteroatoms. The summed E-state index contributed by atoms with van der Waals surface area (Å²) in [7, 11) is 0. The smallest absolute Gasteiger partial charge is 0.253 e. The zero-order valence-corrected chi connectivity index (χ0v) is 19.0. The fourth-order valence-electron chi connectivity index (χ4n) is 3.74. The maximum Gasteiger partial charge on any atom is 0.253 e. The summed E-state index contributed by atoms with van der Waals surface area (Å²) in [6, 6.07) is 8.27. The molecule has 2 aromatic heterocycles. The van der Waals surface area contributed by atoms with Crippen LogP contribution in [0.15, 0.2) is 42.0 Å². The first-order valence-electron chi connectivity index (χ1n) is 10.2. The zero-order valence-electron chi connectivity index (χ0n) is 17.4. The fourth-order valence-corrected chi connectivity index (χ4v) is 4.69. The number of piperazine rings is 1. The standard InChI is InChI=1S/C22H24ClN5O2S/c1-14(2)18(26-20(29)15-5-3-4-6-17(15)23)22(30)28-10-8-27(9-11-28)19-16-7-12-31-21(16)25-13-24-19/h3-7,12-14,18H,8-11H2,1-2H3,(H,26,29). The molecule has 3 aromatic rings. The Morgan fingerprint density at radius 2 is 1.84 bits per heavy atom. The summed E-state index contributed by atoms with van der Waals surface area (Å²) < 4.78 is 0. The molecule has 0 bridgehead atoms. The van der Waals surface area contributed by atoms with Gasteiger partial charge in [-0.25, -0.2) is 9.97 Å². The number of nitrogens with one attached hydrogen (secondary N) is 1. The van der Waals surface area contributed by atoms with Gasteiger partial charge in [-0.2, -0.15) is 0 Å². The Morgan fingerprint density at radius 3 is 2.55 bits per heavy atom. The van der Waals surface area contributed by atoms with Crippen molar-refractivity contribution in [2.24, 2.45) is 5.92 Å². The molecule has 0 aliphatic carbocycles. The number of benzene rings is 1. The van der Waals surface area contributed by atoms with Gasteiger partial charge in [-0.3, -0.25) is 9.59 Å². The second kappa shape index (κ2) is 9.20. The molecule has 1 fully saturated rings. The molecule has 0 spiro atoms. The van der Waals surface area contributed by atoms with Crippen molar-refractivity contribution in [2.45, 2.75) is 19.9 Å². The van der Waals surface area contributed by atoms with E-state index in [1.807, 2.05) is 30.2 Å². The summed E-state index contributed by atoms with van der Waals surface area (Å²) in [5, 5.41) is 6.31. The van der Waals surface area contributed by atoms with Crippen LogP contribution in [-0.4, -0.2) is 58.9 Å². The van der Waals surface area contributed by atoms with Gasteiger partial charge in [0.2, 0.25) is 5.91 Å². The highest BCUT2D eigenvalue weighted by atomic mass is 35.5. The molecule has 3 heterocycles. The lowest BCUT2D eigenvalue weighted by molar-refractivity contribution is -0.134. The summed E-state index contributed by atoms with van der Waals surface area (Å²) in [6.45, 7) is 6.35. The first-order valence-corrected chi connectivity index (χ1v) is 11.5. The van der Waals surface area contributed by atoms with Crippen molar-refractivity contribution >= 4 is 50.8 Å². The van der Waals surface area contributed by atoms with Crippen molar-refractivity contribution in [3.05, 3.63) is 52.6 Å². The van der Waals surface area contributed by atoms with E-state index in [-0.39, 0.29) is 17.7 Å². The maximum absolute atomic E-state index is 13.2. The molecule has 0 saturated carbocycles. The molecule has 4 rings (SSSR count). The van der Waals surface area contributed by atoms with Crippen LogP contribution in [0, 0.1) is 5.92 Å². The Kier molecular flexibility index (Phi) is 6.38. The van der Waals surface area contributed by atoms with E-state index < -0.39 is 6.04 Å². The number of nitrogens with zero attached hydrogens (tertiary/aromatic N) is 4. The topological polar surface area (TPSA) is 78.4 Å². The van der Waals surface area contributed by atoms with Crippen molar-refractivity contribution in [3.63, 3.8) is 0 Å². The van der Waals surface area contributed by atoms with Crippen LogP contribution in [0.2, 0.25) is 5.02 Å². The highest BCUT2D eigenvalue weighted by Crippen LogP contribution is 2.27. The van der Waals surface area contributed by atoms with E-state index >= 15 is 0 Å². The van der Waals surface area contributed by atoms with Crippen LogP contribution < -0.4 is 10.2 Å². The van der Waals surface area contributed by atoms with Crippen molar-refractivity contribution in [2.75, 3.05) is 31.1 Å². The van der Waals surface area contributed by atoms with Crippen molar-refractivity contribution < 1.29 is 9.59 Å². The molecule has 2 amide bonds. The van der Waals surface area contributed by atoms with Gasteiger partial charge in [-0.05, 0) is 29.5 Å². The molecule has 1 unspecified atom stereocenters. The average Bonchev–Trinajstić information content (AvgIpc) is 3.26.